The molecular formula is C19H24O4. The van der Waals surface area contributed by atoms with E-state index in [0.717, 1.165) is 22.1 Å². The van der Waals surface area contributed by atoms with Gasteiger partial charge in [-0.15, -0.1) is 0 Å². The van der Waals surface area contributed by atoms with Gasteiger partial charge >= 0.3 is 5.97 Å². The van der Waals surface area contributed by atoms with E-state index in [1.54, 1.807) is 14.0 Å². The molecule has 2 aromatic carbocycles. The number of carbonyl (C=O) groups excluding carboxylic acids is 1. The van der Waals surface area contributed by atoms with E-state index in [0.29, 0.717) is 6.42 Å². The zero-order valence-corrected chi connectivity index (χ0v) is 13.8. The van der Waals surface area contributed by atoms with E-state index >= 15 is 0 Å². The SMILES string of the molecule is [2H]C([2H])(CCCOC(=O)[C@@H](C)c1ccc2cc(OC)ccc2c1)OC. The Morgan fingerprint density at radius 1 is 1.13 bits per heavy atom. The molecule has 0 fully saturated rings. The second-order valence-electron chi connectivity index (χ2n) is 5.31. The molecule has 2 aromatic rings. The average Bonchev–Trinajstić information content (AvgIpc) is 2.63. The van der Waals surface area contributed by atoms with Gasteiger partial charge in [-0.1, -0.05) is 24.3 Å². The van der Waals surface area contributed by atoms with Crippen molar-refractivity contribution in [3.8, 4) is 5.75 Å². The molecule has 0 aliphatic carbocycles. The fourth-order valence-electron chi connectivity index (χ4n) is 2.32. The van der Waals surface area contributed by atoms with Crippen LogP contribution in [0.3, 0.4) is 0 Å². The van der Waals surface area contributed by atoms with Gasteiger partial charge in [0, 0.05) is 13.7 Å². The Morgan fingerprint density at radius 2 is 1.87 bits per heavy atom. The second kappa shape index (κ2) is 8.53. The zero-order chi connectivity index (χ0) is 18.4. The maximum Gasteiger partial charge on any atom is 0.313 e. The third kappa shape index (κ3) is 4.70. The Labute approximate surface area is 140 Å². The van der Waals surface area contributed by atoms with Crippen LogP contribution in [0.4, 0.5) is 0 Å². The Hall–Kier alpha value is -2.07. The number of fused-ring (bicyclic) bond motifs is 1. The van der Waals surface area contributed by atoms with Crippen molar-refractivity contribution in [3.05, 3.63) is 42.0 Å². The first-order chi connectivity index (χ1) is 11.9. The number of esters is 1. The van der Waals surface area contributed by atoms with Gasteiger partial charge in [-0.25, -0.2) is 0 Å². The van der Waals surface area contributed by atoms with Crippen molar-refractivity contribution in [3.63, 3.8) is 0 Å². The molecule has 2 rings (SSSR count). The van der Waals surface area contributed by atoms with Gasteiger partial charge in [-0.05, 0) is 48.2 Å². The highest BCUT2D eigenvalue weighted by atomic mass is 16.5. The van der Waals surface area contributed by atoms with E-state index < -0.39 is 6.56 Å². The standard InChI is InChI=1S/C19H24O4/c1-14(19(20)23-11-5-4-10-21-2)15-6-7-17-13-18(22-3)9-8-16(17)12-15/h6-9,12-14H,4-5,10-11H2,1-3H3/t14-/m0/s1/i10D2. The van der Waals surface area contributed by atoms with Crippen molar-refractivity contribution in [1.29, 1.82) is 0 Å². The smallest absolute Gasteiger partial charge is 0.313 e. The molecule has 0 aliphatic heterocycles. The molecule has 0 aliphatic rings. The Morgan fingerprint density at radius 3 is 2.61 bits per heavy atom. The van der Waals surface area contributed by atoms with Crippen molar-refractivity contribution in [2.75, 3.05) is 27.4 Å². The van der Waals surface area contributed by atoms with Crippen LogP contribution < -0.4 is 4.74 Å². The average molecular weight is 318 g/mol. The monoisotopic (exact) mass is 318 g/mol. The third-order valence-electron chi connectivity index (χ3n) is 3.74. The van der Waals surface area contributed by atoms with Gasteiger partial charge in [0.05, 0.1) is 22.4 Å². The minimum atomic E-state index is -1.68. The largest absolute Gasteiger partial charge is 0.497 e. The third-order valence-corrected chi connectivity index (χ3v) is 3.74. The summed E-state index contributed by atoms with van der Waals surface area (Å²) < 4.78 is 30.1. The van der Waals surface area contributed by atoms with E-state index in [1.165, 1.54) is 7.11 Å². The van der Waals surface area contributed by atoms with E-state index in [-0.39, 0.29) is 24.9 Å². The Bertz CT molecular complexity index is 730. The molecule has 1 atom stereocenters. The molecule has 0 heterocycles. The molecule has 0 radical (unpaired) electrons. The summed E-state index contributed by atoms with van der Waals surface area (Å²) in [6.45, 7) is 0.301. The lowest BCUT2D eigenvalue weighted by Gasteiger charge is -2.13. The topological polar surface area (TPSA) is 44.8 Å². The lowest BCUT2D eigenvalue weighted by Crippen LogP contribution is -2.14. The minimum Gasteiger partial charge on any atom is -0.497 e. The van der Waals surface area contributed by atoms with Crippen LogP contribution in [0.5, 0.6) is 5.75 Å². The molecule has 124 valence electrons. The summed E-state index contributed by atoms with van der Waals surface area (Å²) in [5.41, 5.74) is 0.884. The molecule has 0 saturated carbocycles. The molecule has 0 unspecified atom stereocenters. The summed E-state index contributed by atoms with van der Waals surface area (Å²) in [6, 6.07) is 11.7. The van der Waals surface area contributed by atoms with Crippen LogP contribution >= 0.6 is 0 Å². The van der Waals surface area contributed by atoms with Crippen LogP contribution in [0, 0.1) is 0 Å². The first-order valence-electron chi connectivity index (χ1n) is 8.66. The van der Waals surface area contributed by atoms with Gasteiger partial charge in [-0.2, -0.15) is 0 Å². The van der Waals surface area contributed by atoms with E-state index in [9.17, 15) is 4.79 Å². The number of rotatable bonds is 8. The van der Waals surface area contributed by atoms with Crippen molar-refractivity contribution < 1.29 is 21.7 Å². The van der Waals surface area contributed by atoms with Gasteiger partial charge in [0.25, 0.3) is 0 Å². The summed E-state index contributed by atoms with van der Waals surface area (Å²) in [7, 11) is 2.95. The number of hydrogen-bond acceptors (Lipinski definition) is 4. The summed E-state index contributed by atoms with van der Waals surface area (Å²) in [5.74, 6) is 0.0974. The molecule has 0 aromatic heterocycles. The van der Waals surface area contributed by atoms with Crippen LogP contribution in [-0.4, -0.2) is 33.4 Å². The van der Waals surface area contributed by atoms with Gasteiger partial charge in [-0.3, -0.25) is 4.79 Å². The number of ether oxygens (including phenoxy) is 3. The molecule has 4 nitrogen and oxygen atoms in total. The quantitative estimate of drug-likeness (QED) is 0.546. The molecule has 0 N–H and O–H groups in total. The number of hydrogen-bond donors (Lipinski definition) is 0. The van der Waals surface area contributed by atoms with Crippen LogP contribution in [0.2, 0.25) is 0 Å². The lowest BCUT2D eigenvalue weighted by molar-refractivity contribution is -0.145. The van der Waals surface area contributed by atoms with Crippen molar-refractivity contribution in [2.45, 2.75) is 25.7 Å². The Kier molecular flexibility index (Phi) is 5.39. The first kappa shape index (κ1) is 14.5. The predicted molar refractivity (Wildman–Crippen MR) is 91.0 cm³/mol. The number of benzene rings is 2. The normalized spacial score (nSPS) is 14.0. The van der Waals surface area contributed by atoms with Crippen LogP contribution in [-0.2, 0) is 14.3 Å². The first-order valence-corrected chi connectivity index (χ1v) is 7.66. The maximum absolute atomic E-state index is 12.2. The number of methoxy groups -OCH3 is 2. The summed E-state index contributed by atoms with van der Waals surface area (Å²) >= 11 is 0. The van der Waals surface area contributed by atoms with Crippen LogP contribution in [0.25, 0.3) is 10.8 Å². The number of carbonyl (C=O) groups is 1. The highest BCUT2D eigenvalue weighted by Gasteiger charge is 2.17. The van der Waals surface area contributed by atoms with Crippen molar-refractivity contribution >= 4 is 16.7 Å². The predicted octanol–water partition coefficient (Wildman–Crippen LogP) is 3.92. The Balaban J connectivity index is 1.96. The molecule has 0 bridgehead atoms. The fraction of sp³-hybridized carbons (Fsp3) is 0.421. The van der Waals surface area contributed by atoms with Gasteiger partial charge in [0.15, 0.2) is 0 Å². The van der Waals surface area contributed by atoms with E-state index in [1.807, 2.05) is 36.4 Å². The van der Waals surface area contributed by atoms with Crippen molar-refractivity contribution in [2.24, 2.45) is 0 Å². The molecule has 0 spiro atoms. The van der Waals surface area contributed by atoms with Gasteiger partial charge < -0.3 is 14.2 Å². The maximum atomic E-state index is 12.2. The fourth-order valence-corrected chi connectivity index (χ4v) is 2.32. The summed E-state index contributed by atoms with van der Waals surface area (Å²) in [6.07, 6.45) is 0.597. The zero-order valence-electron chi connectivity index (χ0n) is 15.8. The lowest BCUT2D eigenvalue weighted by atomic mass is 9.98. The highest BCUT2D eigenvalue weighted by molar-refractivity contribution is 5.86. The van der Waals surface area contributed by atoms with Gasteiger partial charge in [0.1, 0.15) is 5.75 Å². The molecular weight excluding hydrogens is 292 g/mol. The second-order valence-corrected chi connectivity index (χ2v) is 5.31. The summed E-state index contributed by atoms with van der Waals surface area (Å²) in [4.78, 5) is 12.2. The molecule has 0 saturated heterocycles. The van der Waals surface area contributed by atoms with Gasteiger partial charge in [0.2, 0.25) is 0 Å². The van der Waals surface area contributed by atoms with Crippen LogP contribution in [0.15, 0.2) is 36.4 Å². The molecule has 23 heavy (non-hydrogen) atoms. The van der Waals surface area contributed by atoms with E-state index in [2.05, 4.69) is 0 Å². The van der Waals surface area contributed by atoms with Crippen LogP contribution in [0.1, 0.15) is 34.0 Å². The minimum absolute atomic E-state index is 0.177. The molecule has 4 heteroatoms. The highest BCUT2D eigenvalue weighted by Crippen LogP contribution is 2.25. The van der Waals surface area contributed by atoms with Crippen molar-refractivity contribution in [1.82, 2.24) is 0 Å². The molecule has 0 amide bonds. The summed E-state index contributed by atoms with van der Waals surface area (Å²) in [5, 5.41) is 2.08. The van der Waals surface area contributed by atoms with E-state index in [4.69, 9.17) is 17.0 Å².